The Labute approximate surface area is 69.9 Å². The summed E-state index contributed by atoms with van der Waals surface area (Å²) in [5, 5.41) is -0.0896. The van der Waals surface area contributed by atoms with Gasteiger partial charge in [0.25, 0.3) is 0 Å². The molecule has 1 aromatic carbocycles. The van der Waals surface area contributed by atoms with E-state index in [0.29, 0.717) is 0 Å². The second kappa shape index (κ2) is 2.84. The minimum Gasteiger partial charge on any atom is -0.206 e. The van der Waals surface area contributed by atoms with Crippen molar-refractivity contribution in [3.8, 4) is 0 Å². The molecular formula is C6H2BrClF2. The molecule has 0 N–H and O–H groups in total. The second-order valence-electron chi connectivity index (χ2n) is 1.66. The van der Waals surface area contributed by atoms with Crippen molar-refractivity contribution in [2.24, 2.45) is 0 Å². The van der Waals surface area contributed by atoms with Crippen molar-refractivity contribution in [3.63, 3.8) is 0 Å². The van der Waals surface area contributed by atoms with Crippen molar-refractivity contribution < 1.29 is 8.78 Å². The maximum atomic E-state index is 12.6. The van der Waals surface area contributed by atoms with Crippen molar-refractivity contribution in [1.29, 1.82) is 0 Å². The van der Waals surface area contributed by atoms with E-state index in [4.69, 9.17) is 11.6 Å². The van der Waals surface area contributed by atoms with E-state index in [1.807, 2.05) is 0 Å². The van der Waals surface area contributed by atoms with Gasteiger partial charge in [-0.2, -0.15) is 0 Å². The van der Waals surface area contributed by atoms with Crippen molar-refractivity contribution in [3.05, 3.63) is 33.3 Å². The van der Waals surface area contributed by atoms with Crippen LogP contribution in [0.5, 0.6) is 0 Å². The van der Waals surface area contributed by atoms with Crippen molar-refractivity contribution in [2.75, 3.05) is 0 Å². The number of benzene rings is 1. The van der Waals surface area contributed by atoms with Crippen LogP contribution in [0.2, 0.25) is 5.02 Å². The normalized spacial score (nSPS) is 10.0. The third kappa shape index (κ3) is 1.30. The summed E-state index contributed by atoms with van der Waals surface area (Å²) in [6.45, 7) is 0. The van der Waals surface area contributed by atoms with Crippen LogP contribution >= 0.6 is 27.5 Å². The zero-order chi connectivity index (χ0) is 7.72. The van der Waals surface area contributed by atoms with E-state index < -0.39 is 11.6 Å². The average Bonchev–Trinajstić information content (AvgIpc) is 1.93. The van der Waals surface area contributed by atoms with Gasteiger partial charge in [-0.15, -0.1) is 0 Å². The number of hydrogen-bond donors (Lipinski definition) is 0. The molecule has 0 atom stereocenters. The summed E-state index contributed by atoms with van der Waals surface area (Å²) in [4.78, 5) is 0. The van der Waals surface area contributed by atoms with Gasteiger partial charge in [0.1, 0.15) is 5.82 Å². The molecule has 0 aromatic heterocycles. The molecular weight excluding hydrogens is 225 g/mol. The minimum atomic E-state index is -0.762. The van der Waals surface area contributed by atoms with E-state index in [1.54, 1.807) is 0 Å². The van der Waals surface area contributed by atoms with Crippen LogP contribution in [-0.4, -0.2) is 0 Å². The number of halogens is 4. The van der Waals surface area contributed by atoms with Gasteiger partial charge in [-0.25, -0.2) is 8.78 Å². The molecule has 0 saturated heterocycles. The molecule has 1 aromatic rings. The Bertz CT molecular complexity index is 235. The molecule has 0 heterocycles. The van der Waals surface area contributed by atoms with Crippen LogP contribution in [-0.2, 0) is 0 Å². The van der Waals surface area contributed by atoms with Gasteiger partial charge in [-0.3, -0.25) is 0 Å². The Morgan fingerprint density at radius 3 is 2.40 bits per heavy atom. The van der Waals surface area contributed by atoms with E-state index >= 15 is 0 Å². The molecule has 0 saturated carbocycles. The van der Waals surface area contributed by atoms with Gasteiger partial charge in [-0.05, 0) is 28.1 Å². The highest BCUT2D eigenvalue weighted by atomic mass is 79.9. The zero-order valence-corrected chi connectivity index (χ0v) is 7.01. The van der Waals surface area contributed by atoms with Crippen LogP contribution in [0.4, 0.5) is 8.78 Å². The molecule has 0 nitrogen and oxygen atoms in total. The number of hydrogen-bond acceptors (Lipinski definition) is 0. The summed E-state index contributed by atoms with van der Waals surface area (Å²) in [6, 6.07) is 2.26. The highest BCUT2D eigenvalue weighted by Crippen LogP contribution is 2.25. The monoisotopic (exact) mass is 226 g/mol. The molecule has 0 bridgehead atoms. The molecule has 0 spiro atoms. The van der Waals surface area contributed by atoms with Crippen molar-refractivity contribution in [2.45, 2.75) is 0 Å². The highest BCUT2D eigenvalue weighted by Gasteiger charge is 2.08. The fraction of sp³-hybridized carbons (Fsp3) is 0. The molecule has 0 amide bonds. The Hall–Kier alpha value is -0.150. The maximum absolute atomic E-state index is 12.6. The molecule has 0 aliphatic carbocycles. The van der Waals surface area contributed by atoms with Gasteiger partial charge in [0.15, 0.2) is 5.82 Å². The van der Waals surface area contributed by atoms with Gasteiger partial charge >= 0.3 is 0 Å². The second-order valence-corrected chi connectivity index (χ2v) is 2.86. The lowest BCUT2D eigenvalue weighted by molar-refractivity contribution is 0.572. The fourth-order valence-electron chi connectivity index (χ4n) is 0.502. The third-order valence-corrected chi connectivity index (χ3v) is 2.01. The molecule has 4 heteroatoms. The third-order valence-electron chi connectivity index (χ3n) is 0.988. The first-order valence-electron chi connectivity index (χ1n) is 2.42. The van der Waals surface area contributed by atoms with E-state index in [1.165, 1.54) is 0 Å². The van der Waals surface area contributed by atoms with Crippen LogP contribution in [0.1, 0.15) is 0 Å². The summed E-state index contributed by atoms with van der Waals surface area (Å²) < 4.78 is 24.8. The van der Waals surface area contributed by atoms with Crippen LogP contribution < -0.4 is 0 Å². The lowest BCUT2D eigenvalue weighted by Gasteiger charge is -1.96. The first-order chi connectivity index (χ1) is 4.63. The molecule has 0 radical (unpaired) electrons. The summed E-state index contributed by atoms with van der Waals surface area (Å²) in [7, 11) is 0. The Kier molecular flexibility index (Phi) is 2.26. The quantitative estimate of drug-likeness (QED) is 0.471. The fourth-order valence-corrected chi connectivity index (χ4v) is 1.12. The predicted octanol–water partition coefficient (Wildman–Crippen LogP) is 3.38. The Morgan fingerprint density at radius 1 is 1.30 bits per heavy atom. The molecule has 0 aliphatic heterocycles. The summed E-state index contributed by atoms with van der Waals surface area (Å²) in [6.07, 6.45) is 0. The van der Waals surface area contributed by atoms with Crippen molar-refractivity contribution >= 4 is 27.5 Å². The van der Waals surface area contributed by atoms with Gasteiger partial charge < -0.3 is 0 Å². The smallest absolute Gasteiger partial charge is 0.158 e. The maximum Gasteiger partial charge on any atom is 0.158 e. The summed E-state index contributed by atoms with van der Waals surface area (Å²) >= 11 is 8.01. The first kappa shape index (κ1) is 7.95. The van der Waals surface area contributed by atoms with E-state index in [-0.39, 0.29) is 9.50 Å². The predicted molar refractivity (Wildman–Crippen MR) is 39.1 cm³/mol. The van der Waals surface area contributed by atoms with Crippen molar-refractivity contribution in [1.82, 2.24) is 0 Å². The Balaban J connectivity index is 3.34. The minimum absolute atomic E-state index is 0.0896. The van der Waals surface area contributed by atoms with Crippen LogP contribution in [0, 0.1) is 11.6 Å². The van der Waals surface area contributed by atoms with E-state index in [2.05, 4.69) is 15.9 Å². The molecule has 10 heavy (non-hydrogen) atoms. The van der Waals surface area contributed by atoms with E-state index in [9.17, 15) is 8.78 Å². The van der Waals surface area contributed by atoms with Crippen LogP contribution in [0.15, 0.2) is 16.6 Å². The Morgan fingerprint density at radius 2 is 1.90 bits per heavy atom. The van der Waals surface area contributed by atoms with E-state index in [0.717, 1.165) is 12.1 Å². The molecule has 0 aliphatic rings. The average molecular weight is 227 g/mol. The zero-order valence-electron chi connectivity index (χ0n) is 4.67. The number of rotatable bonds is 0. The van der Waals surface area contributed by atoms with Crippen LogP contribution in [0.25, 0.3) is 0 Å². The van der Waals surface area contributed by atoms with Crippen LogP contribution in [0.3, 0.4) is 0 Å². The molecule has 1 rings (SSSR count). The molecule has 54 valence electrons. The standard InChI is InChI=1S/C6H2BrClF2/c7-5-4(9)2-1-3(8)6(5)10/h1-2H. The van der Waals surface area contributed by atoms with Gasteiger partial charge in [0.05, 0.1) is 9.50 Å². The lowest BCUT2D eigenvalue weighted by atomic mass is 10.3. The summed E-state index contributed by atoms with van der Waals surface area (Å²) in [5.41, 5.74) is 0. The highest BCUT2D eigenvalue weighted by molar-refractivity contribution is 9.10. The van der Waals surface area contributed by atoms with Gasteiger partial charge in [0, 0.05) is 0 Å². The summed E-state index contributed by atoms with van der Waals surface area (Å²) in [5.74, 6) is -1.41. The van der Waals surface area contributed by atoms with Gasteiger partial charge in [-0.1, -0.05) is 11.6 Å². The topological polar surface area (TPSA) is 0 Å². The molecule has 0 unspecified atom stereocenters. The lowest BCUT2D eigenvalue weighted by Crippen LogP contribution is -1.83. The van der Waals surface area contributed by atoms with Gasteiger partial charge in [0.2, 0.25) is 0 Å². The molecule has 0 fully saturated rings. The first-order valence-corrected chi connectivity index (χ1v) is 3.59. The largest absolute Gasteiger partial charge is 0.206 e. The SMILES string of the molecule is Fc1ccc(Cl)c(F)c1Br.